The van der Waals surface area contributed by atoms with Crippen molar-refractivity contribution >= 4 is 5.78 Å². The van der Waals surface area contributed by atoms with Crippen LogP contribution in [-0.2, 0) is 15.6 Å². The van der Waals surface area contributed by atoms with Crippen LogP contribution in [0.1, 0.15) is 38.8 Å². The van der Waals surface area contributed by atoms with E-state index < -0.39 is 10.8 Å². The highest BCUT2D eigenvalue weighted by Crippen LogP contribution is 2.40. The lowest BCUT2D eigenvalue weighted by Crippen LogP contribution is -2.42. The van der Waals surface area contributed by atoms with Gasteiger partial charge in [0, 0.05) is 11.1 Å². The molecule has 0 atom stereocenters. The number of hydrogen-bond acceptors (Lipinski definition) is 3. The summed E-state index contributed by atoms with van der Waals surface area (Å²) in [7, 11) is 0. The fourth-order valence-corrected chi connectivity index (χ4v) is 3.03. The van der Waals surface area contributed by atoms with E-state index in [2.05, 4.69) is 0 Å². The van der Waals surface area contributed by atoms with Gasteiger partial charge in [0.2, 0.25) is 0 Å². The number of benzene rings is 2. The van der Waals surface area contributed by atoms with Crippen LogP contribution >= 0.6 is 0 Å². The van der Waals surface area contributed by atoms with Gasteiger partial charge in [0.1, 0.15) is 11.5 Å². The van der Waals surface area contributed by atoms with Gasteiger partial charge in [-0.25, -0.2) is 0 Å². The Bertz CT molecular complexity index is 640. The predicted molar refractivity (Wildman–Crippen MR) is 87.3 cm³/mol. The van der Waals surface area contributed by atoms with Crippen molar-refractivity contribution in [3.8, 4) is 11.5 Å². The van der Waals surface area contributed by atoms with Crippen LogP contribution in [0, 0.1) is 0 Å². The van der Waals surface area contributed by atoms with E-state index >= 15 is 0 Å². The summed E-state index contributed by atoms with van der Waals surface area (Å²) in [6.07, 6.45) is 0. The molecule has 22 heavy (non-hydrogen) atoms. The lowest BCUT2D eigenvalue weighted by atomic mass is 9.67. The van der Waals surface area contributed by atoms with Crippen LogP contribution in [-0.4, -0.2) is 16.0 Å². The minimum Gasteiger partial charge on any atom is -0.508 e. The molecule has 2 rings (SSSR count). The van der Waals surface area contributed by atoms with Gasteiger partial charge in [-0.15, -0.1) is 0 Å². The molecule has 0 aliphatic rings. The molecule has 116 valence electrons. The first-order chi connectivity index (χ1) is 10.2. The maximum absolute atomic E-state index is 13.2. The Balaban J connectivity index is 2.50. The minimum absolute atomic E-state index is 0.0667. The average Bonchev–Trinajstić information content (AvgIpc) is 2.47. The van der Waals surface area contributed by atoms with Gasteiger partial charge >= 0.3 is 0 Å². The molecule has 3 heteroatoms. The highest BCUT2D eigenvalue weighted by atomic mass is 16.3. The minimum atomic E-state index is -0.878. The molecular weight excluding hydrogens is 276 g/mol. The van der Waals surface area contributed by atoms with Gasteiger partial charge in [0.25, 0.3) is 0 Å². The van der Waals surface area contributed by atoms with Crippen molar-refractivity contribution in [1.82, 2.24) is 0 Å². The van der Waals surface area contributed by atoms with Crippen LogP contribution < -0.4 is 0 Å². The second-order valence-corrected chi connectivity index (χ2v) is 6.61. The molecule has 0 spiro atoms. The molecule has 0 heterocycles. The van der Waals surface area contributed by atoms with Gasteiger partial charge in [-0.05, 0) is 39.8 Å². The number of aromatic hydroxyl groups is 2. The topological polar surface area (TPSA) is 57.5 Å². The third kappa shape index (κ3) is 2.59. The third-order valence-corrected chi connectivity index (χ3v) is 4.29. The molecule has 2 N–H and O–H groups in total. The Kier molecular flexibility index (Phi) is 4.01. The summed E-state index contributed by atoms with van der Waals surface area (Å²) in [5, 5.41) is 20.2. The molecule has 0 radical (unpaired) electrons. The van der Waals surface area contributed by atoms with E-state index in [0.29, 0.717) is 11.1 Å². The van der Waals surface area contributed by atoms with Crippen LogP contribution in [0.3, 0.4) is 0 Å². The summed E-state index contributed by atoms with van der Waals surface area (Å²) in [4.78, 5) is 13.2. The Morgan fingerprint density at radius 1 is 0.727 bits per heavy atom. The summed E-state index contributed by atoms with van der Waals surface area (Å²) in [6.45, 7) is 7.19. The van der Waals surface area contributed by atoms with Crippen LogP contribution in [0.2, 0.25) is 0 Å². The fraction of sp³-hybridized carbons (Fsp3) is 0.316. The fourth-order valence-electron chi connectivity index (χ4n) is 3.03. The summed E-state index contributed by atoms with van der Waals surface area (Å²) in [5.74, 6) is 0.144. The number of carbonyl (C=O) groups is 1. The Morgan fingerprint density at radius 2 is 1.05 bits per heavy atom. The zero-order valence-electron chi connectivity index (χ0n) is 13.4. The number of hydrogen-bond donors (Lipinski definition) is 2. The van der Waals surface area contributed by atoms with E-state index in [0.717, 1.165) is 0 Å². The first kappa shape index (κ1) is 16.1. The first-order valence-corrected chi connectivity index (χ1v) is 7.31. The molecule has 0 aromatic heterocycles. The maximum Gasteiger partial charge on any atom is 0.153 e. The second kappa shape index (κ2) is 5.48. The number of phenols is 2. The van der Waals surface area contributed by atoms with Crippen molar-refractivity contribution in [1.29, 1.82) is 0 Å². The Morgan fingerprint density at radius 3 is 1.36 bits per heavy atom. The average molecular weight is 298 g/mol. The van der Waals surface area contributed by atoms with Crippen LogP contribution in [0.15, 0.2) is 48.5 Å². The largest absolute Gasteiger partial charge is 0.508 e. The molecule has 0 bridgehead atoms. The molecule has 2 aromatic rings. The van der Waals surface area contributed by atoms with Gasteiger partial charge in [-0.2, -0.15) is 0 Å². The molecule has 2 aromatic carbocycles. The summed E-state index contributed by atoms with van der Waals surface area (Å²) in [5.41, 5.74) is -0.583. The number of para-hydroxylation sites is 2. The predicted octanol–water partition coefficient (Wildman–Crippen LogP) is 3.92. The van der Waals surface area contributed by atoms with Gasteiger partial charge < -0.3 is 10.2 Å². The lowest BCUT2D eigenvalue weighted by Gasteiger charge is -2.34. The molecule has 0 fully saturated rings. The van der Waals surface area contributed by atoms with E-state index in [9.17, 15) is 15.0 Å². The maximum atomic E-state index is 13.2. The molecule has 0 saturated carbocycles. The molecule has 0 amide bonds. The number of Topliss-reactive ketones (excluding diaryl/α,β-unsaturated/α-hetero) is 1. The van der Waals surface area contributed by atoms with Crippen molar-refractivity contribution in [3.63, 3.8) is 0 Å². The molecule has 0 aliphatic carbocycles. The highest BCUT2D eigenvalue weighted by Gasteiger charge is 2.43. The number of ketones is 1. The van der Waals surface area contributed by atoms with E-state index in [1.165, 1.54) is 0 Å². The van der Waals surface area contributed by atoms with Crippen LogP contribution in [0.4, 0.5) is 0 Å². The van der Waals surface area contributed by atoms with E-state index in [1.54, 1.807) is 76.2 Å². The molecule has 0 aliphatic heterocycles. The normalized spacial score (nSPS) is 12.2. The summed E-state index contributed by atoms with van der Waals surface area (Å²) >= 11 is 0. The van der Waals surface area contributed by atoms with Crippen LogP contribution in [0.25, 0.3) is 0 Å². The van der Waals surface area contributed by atoms with E-state index in [4.69, 9.17) is 0 Å². The highest BCUT2D eigenvalue weighted by molar-refractivity contribution is 5.98. The SMILES string of the molecule is CC(C)(C(=O)C(C)(C)c1ccccc1O)c1ccccc1O. The zero-order valence-corrected chi connectivity index (χ0v) is 13.4. The van der Waals surface area contributed by atoms with Crippen LogP contribution in [0.5, 0.6) is 11.5 Å². The molecular formula is C19H22O3. The van der Waals surface area contributed by atoms with Crippen molar-refractivity contribution in [3.05, 3.63) is 59.7 Å². The summed E-state index contributed by atoms with van der Waals surface area (Å²) in [6, 6.07) is 13.7. The first-order valence-electron chi connectivity index (χ1n) is 7.31. The van der Waals surface area contributed by atoms with Crippen molar-refractivity contribution in [2.24, 2.45) is 0 Å². The molecule has 0 unspecified atom stereocenters. The Labute approximate surface area is 131 Å². The van der Waals surface area contributed by atoms with Gasteiger partial charge in [-0.3, -0.25) is 4.79 Å². The van der Waals surface area contributed by atoms with Crippen molar-refractivity contribution < 1.29 is 15.0 Å². The van der Waals surface area contributed by atoms with E-state index in [1.807, 2.05) is 0 Å². The van der Waals surface area contributed by atoms with Gasteiger partial charge in [0.05, 0.1) is 10.8 Å². The van der Waals surface area contributed by atoms with Crippen molar-refractivity contribution in [2.45, 2.75) is 38.5 Å². The van der Waals surface area contributed by atoms with Gasteiger partial charge in [-0.1, -0.05) is 36.4 Å². The smallest absolute Gasteiger partial charge is 0.153 e. The number of rotatable bonds is 4. The zero-order chi connectivity index (χ0) is 16.5. The lowest BCUT2D eigenvalue weighted by molar-refractivity contribution is -0.128. The summed E-state index contributed by atoms with van der Waals surface area (Å²) < 4.78 is 0. The standard InChI is InChI=1S/C19H22O3/c1-18(2,13-9-5-7-11-15(13)20)17(22)19(3,4)14-10-6-8-12-16(14)21/h5-12,20-21H,1-4H3. The third-order valence-electron chi connectivity index (χ3n) is 4.29. The monoisotopic (exact) mass is 298 g/mol. The quantitative estimate of drug-likeness (QED) is 0.899. The molecule has 3 nitrogen and oxygen atoms in total. The van der Waals surface area contributed by atoms with Gasteiger partial charge in [0.15, 0.2) is 5.78 Å². The van der Waals surface area contributed by atoms with Crippen molar-refractivity contribution in [2.75, 3.05) is 0 Å². The number of phenolic OH excluding ortho intramolecular Hbond substituents is 2. The molecule has 0 saturated heterocycles. The Hall–Kier alpha value is -2.29. The second-order valence-electron chi connectivity index (χ2n) is 6.61. The van der Waals surface area contributed by atoms with E-state index in [-0.39, 0.29) is 17.3 Å². The number of carbonyl (C=O) groups excluding carboxylic acids is 1.